The number of ketones is 1. The Balaban J connectivity index is 1.64. The minimum absolute atomic E-state index is 0.191. The Kier molecular flexibility index (Phi) is 6.58. The van der Waals surface area contributed by atoms with Crippen LogP contribution in [-0.2, 0) is 0 Å². The zero-order valence-corrected chi connectivity index (χ0v) is 19.6. The summed E-state index contributed by atoms with van der Waals surface area (Å²) in [6.07, 6.45) is 1.63. The molecule has 0 unspecified atom stereocenters. The van der Waals surface area contributed by atoms with E-state index in [1.54, 1.807) is 54.7 Å². The average Bonchev–Trinajstić information content (AvgIpc) is 2.84. The quantitative estimate of drug-likeness (QED) is 0.317. The van der Waals surface area contributed by atoms with Gasteiger partial charge in [0.25, 0.3) is 0 Å². The number of rotatable bonds is 6. The lowest BCUT2D eigenvalue weighted by molar-refractivity contribution is 0.103. The predicted molar refractivity (Wildman–Crippen MR) is 132 cm³/mol. The number of hydrogen-bond acceptors (Lipinski definition) is 6. The van der Waals surface area contributed by atoms with Crippen molar-refractivity contribution in [1.82, 2.24) is 9.97 Å². The lowest BCUT2D eigenvalue weighted by Gasteiger charge is -2.14. The maximum Gasteiger partial charge on any atom is 0.230 e. The van der Waals surface area contributed by atoms with E-state index in [1.807, 2.05) is 32.9 Å². The van der Waals surface area contributed by atoms with Gasteiger partial charge in [-0.25, -0.2) is 4.98 Å². The predicted octanol–water partition coefficient (Wildman–Crippen LogP) is 6.69. The Hall–Kier alpha value is -4.21. The van der Waals surface area contributed by atoms with Crippen LogP contribution in [0, 0.1) is 32.1 Å². The monoisotopic (exact) mass is 468 g/mol. The molecule has 0 amide bonds. The lowest BCUT2D eigenvalue weighted by atomic mass is 9.99. The number of carbonyl (C=O) groups is 1. The Morgan fingerprint density at radius 1 is 0.971 bits per heavy atom. The Labute approximate surface area is 202 Å². The highest BCUT2D eigenvalue weighted by molar-refractivity contribution is 6.31. The molecule has 34 heavy (non-hydrogen) atoms. The van der Waals surface area contributed by atoms with Crippen molar-refractivity contribution < 1.29 is 9.53 Å². The first-order valence-corrected chi connectivity index (χ1v) is 10.9. The number of nitriles is 1. The molecule has 0 saturated carbocycles. The van der Waals surface area contributed by atoms with Gasteiger partial charge < -0.3 is 10.1 Å². The molecule has 0 aliphatic rings. The first-order chi connectivity index (χ1) is 16.3. The molecule has 1 N–H and O–H groups in total. The van der Waals surface area contributed by atoms with E-state index in [0.717, 1.165) is 16.8 Å². The normalized spacial score (nSPS) is 10.4. The number of ether oxygens (including phenoxy) is 1. The number of hydrogen-bond donors (Lipinski definition) is 1. The van der Waals surface area contributed by atoms with Crippen molar-refractivity contribution in [3.05, 3.63) is 105 Å². The van der Waals surface area contributed by atoms with E-state index < -0.39 is 0 Å². The van der Waals surface area contributed by atoms with E-state index >= 15 is 0 Å². The number of nitrogens with zero attached hydrogens (tertiary/aromatic N) is 3. The molecule has 4 aromatic rings. The fraction of sp³-hybridized carbons (Fsp3) is 0.111. The third-order valence-electron chi connectivity index (χ3n) is 5.36. The molecule has 1 heterocycles. The number of anilines is 2. The van der Waals surface area contributed by atoms with Crippen molar-refractivity contribution in [3.8, 4) is 17.7 Å². The molecule has 0 saturated heterocycles. The summed E-state index contributed by atoms with van der Waals surface area (Å²) >= 11 is 6.21. The maximum absolute atomic E-state index is 13.3. The number of benzene rings is 3. The molecule has 0 bridgehead atoms. The standard InChI is InChI=1S/C27H21ClN4O2/c1-16-4-7-20(12-17(16)2)25(33)23-13-21(28)8-11-24(23)34-26-18(3)15-30-27(32-26)31-22-9-5-19(14-29)6-10-22/h4-13,15H,1-3H3,(H,30,31,32). The fourth-order valence-electron chi connectivity index (χ4n) is 3.26. The molecule has 0 radical (unpaired) electrons. The molecular weight excluding hydrogens is 448 g/mol. The van der Waals surface area contributed by atoms with Crippen molar-refractivity contribution in [1.29, 1.82) is 5.26 Å². The van der Waals surface area contributed by atoms with Gasteiger partial charge in [0.1, 0.15) is 5.75 Å². The molecule has 1 aromatic heterocycles. The van der Waals surface area contributed by atoms with Crippen LogP contribution in [0.4, 0.5) is 11.6 Å². The maximum atomic E-state index is 13.3. The van der Waals surface area contributed by atoms with E-state index in [2.05, 4.69) is 21.4 Å². The van der Waals surface area contributed by atoms with Crippen LogP contribution in [0.2, 0.25) is 5.02 Å². The van der Waals surface area contributed by atoms with Gasteiger partial charge in [0, 0.05) is 28.0 Å². The van der Waals surface area contributed by atoms with Crippen LogP contribution >= 0.6 is 11.6 Å². The Bertz CT molecular complexity index is 1430. The minimum Gasteiger partial charge on any atom is -0.438 e. The first-order valence-electron chi connectivity index (χ1n) is 10.5. The molecule has 3 aromatic carbocycles. The third kappa shape index (κ3) is 5.06. The summed E-state index contributed by atoms with van der Waals surface area (Å²) in [5.74, 6) is 0.783. The number of carbonyl (C=O) groups excluding carboxylic acids is 1. The topological polar surface area (TPSA) is 87.9 Å². The summed E-state index contributed by atoms with van der Waals surface area (Å²) in [6, 6.07) is 19.5. The van der Waals surface area contributed by atoms with Crippen LogP contribution in [0.5, 0.6) is 11.6 Å². The summed E-state index contributed by atoms with van der Waals surface area (Å²) in [6.45, 7) is 5.79. The summed E-state index contributed by atoms with van der Waals surface area (Å²) in [4.78, 5) is 22.1. The lowest BCUT2D eigenvalue weighted by Crippen LogP contribution is -2.06. The second kappa shape index (κ2) is 9.74. The minimum atomic E-state index is -0.191. The number of aromatic nitrogens is 2. The van der Waals surface area contributed by atoms with Crippen LogP contribution < -0.4 is 10.1 Å². The molecule has 0 aliphatic carbocycles. The van der Waals surface area contributed by atoms with Crippen LogP contribution in [-0.4, -0.2) is 15.8 Å². The fourth-order valence-corrected chi connectivity index (χ4v) is 3.43. The number of nitrogens with one attached hydrogen (secondary N) is 1. The highest BCUT2D eigenvalue weighted by Gasteiger charge is 2.18. The largest absolute Gasteiger partial charge is 0.438 e. The molecule has 4 rings (SSSR count). The number of aryl methyl sites for hydroxylation is 3. The van der Waals surface area contributed by atoms with Crippen molar-refractivity contribution in [3.63, 3.8) is 0 Å². The SMILES string of the molecule is Cc1ccc(C(=O)c2cc(Cl)ccc2Oc2nc(Nc3ccc(C#N)cc3)ncc2C)cc1C. The van der Waals surface area contributed by atoms with E-state index in [4.69, 9.17) is 21.6 Å². The van der Waals surface area contributed by atoms with Crippen LogP contribution in [0.1, 0.15) is 38.2 Å². The second-order valence-electron chi connectivity index (χ2n) is 7.87. The molecule has 0 spiro atoms. The summed E-state index contributed by atoms with van der Waals surface area (Å²) in [7, 11) is 0. The summed E-state index contributed by atoms with van der Waals surface area (Å²) in [5, 5.41) is 12.5. The van der Waals surface area contributed by atoms with Crippen molar-refractivity contribution in [2.75, 3.05) is 5.32 Å². The highest BCUT2D eigenvalue weighted by Crippen LogP contribution is 2.31. The van der Waals surface area contributed by atoms with Crippen LogP contribution in [0.3, 0.4) is 0 Å². The summed E-state index contributed by atoms with van der Waals surface area (Å²) < 4.78 is 6.09. The van der Waals surface area contributed by atoms with Gasteiger partial charge in [0.2, 0.25) is 11.8 Å². The average molecular weight is 469 g/mol. The van der Waals surface area contributed by atoms with Crippen molar-refractivity contribution in [2.24, 2.45) is 0 Å². The van der Waals surface area contributed by atoms with Gasteiger partial charge in [-0.3, -0.25) is 4.79 Å². The van der Waals surface area contributed by atoms with E-state index in [9.17, 15) is 4.79 Å². The third-order valence-corrected chi connectivity index (χ3v) is 5.59. The molecular formula is C27H21ClN4O2. The van der Waals surface area contributed by atoms with Gasteiger partial charge >= 0.3 is 0 Å². The van der Waals surface area contributed by atoms with Gasteiger partial charge in [-0.15, -0.1) is 0 Å². The van der Waals surface area contributed by atoms with E-state index in [-0.39, 0.29) is 5.78 Å². The Morgan fingerprint density at radius 3 is 2.44 bits per heavy atom. The van der Waals surface area contributed by atoms with Crippen molar-refractivity contribution in [2.45, 2.75) is 20.8 Å². The molecule has 6 nitrogen and oxygen atoms in total. The van der Waals surface area contributed by atoms with Gasteiger partial charge in [-0.2, -0.15) is 10.2 Å². The van der Waals surface area contributed by atoms with Crippen molar-refractivity contribution >= 4 is 29.0 Å². The molecule has 168 valence electrons. The summed E-state index contributed by atoms with van der Waals surface area (Å²) in [5.41, 5.74) is 5.02. The zero-order valence-electron chi connectivity index (χ0n) is 18.9. The van der Waals surface area contributed by atoms with Crippen LogP contribution in [0.25, 0.3) is 0 Å². The zero-order chi connectivity index (χ0) is 24.2. The van der Waals surface area contributed by atoms with Gasteiger partial charge in [0.05, 0.1) is 17.2 Å². The Morgan fingerprint density at radius 2 is 1.74 bits per heavy atom. The van der Waals surface area contributed by atoms with E-state index in [1.165, 1.54) is 0 Å². The van der Waals surface area contributed by atoms with Gasteiger partial charge in [-0.1, -0.05) is 23.7 Å². The first kappa shape index (κ1) is 23.0. The van der Waals surface area contributed by atoms with Gasteiger partial charge in [0.15, 0.2) is 5.78 Å². The van der Waals surface area contributed by atoms with Crippen LogP contribution in [0.15, 0.2) is 66.9 Å². The van der Waals surface area contributed by atoms with Gasteiger partial charge in [-0.05, 0) is 80.4 Å². The molecule has 0 atom stereocenters. The molecule has 0 aliphatic heterocycles. The van der Waals surface area contributed by atoms with E-state index in [0.29, 0.717) is 44.9 Å². The number of halogens is 1. The highest BCUT2D eigenvalue weighted by atomic mass is 35.5. The molecule has 0 fully saturated rings. The second-order valence-corrected chi connectivity index (χ2v) is 8.30. The molecule has 7 heteroatoms. The smallest absolute Gasteiger partial charge is 0.230 e.